The Bertz CT molecular complexity index is 1340. The predicted octanol–water partition coefficient (Wildman–Crippen LogP) is 3.14. The highest BCUT2D eigenvalue weighted by molar-refractivity contribution is 7.91. The molecule has 0 saturated heterocycles. The number of benzene rings is 2. The van der Waals surface area contributed by atoms with Crippen molar-refractivity contribution in [1.82, 2.24) is 4.57 Å². The van der Waals surface area contributed by atoms with Crippen molar-refractivity contribution in [2.75, 3.05) is 12.9 Å². The highest BCUT2D eigenvalue weighted by atomic mass is 32.2. The first-order chi connectivity index (χ1) is 15.1. The summed E-state index contributed by atoms with van der Waals surface area (Å²) in [6, 6.07) is 8.15. The van der Waals surface area contributed by atoms with E-state index in [-0.39, 0.29) is 38.5 Å². The highest BCUT2D eigenvalue weighted by Crippen LogP contribution is 2.22. The summed E-state index contributed by atoms with van der Waals surface area (Å²) in [5.74, 6) is -3.30. The molecule has 0 fully saturated rings. The van der Waals surface area contributed by atoms with Crippen LogP contribution in [0.15, 0.2) is 46.3 Å². The Balaban J connectivity index is 1.82. The normalized spacial score (nSPS) is 12.3. The molecule has 11 heteroatoms. The summed E-state index contributed by atoms with van der Waals surface area (Å²) in [6.07, 6.45) is -0.141. The van der Waals surface area contributed by atoms with Crippen molar-refractivity contribution >= 4 is 43.3 Å². The summed E-state index contributed by atoms with van der Waals surface area (Å²) in [4.78, 5) is 28.2. The fraction of sp³-hybridized carbons (Fsp3) is 0.286. The number of aryl methyl sites for hydroxylation is 1. The van der Waals surface area contributed by atoms with Crippen molar-refractivity contribution in [1.29, 1.82) is 0 Å². The van der Waals surface area contributed by atoms with E-state index in [0.29, 0.717) is 6.07 Å². The van der Waals surface area contributed by atoms with Crippen LogP contribution in [0.25, 0.3) is 10.2 Å². The molecule has 0 bridgehead atoms. The molecule has 2 aromatic carbocycles. The molecule has 32 heavy (non-hydrogen) atoms. The lowest BCUT2D eigenvalue weighted by molar-refractivity contribution is -0.141. The second kappa shape index (κ2) is 9.70. The molecule has 7 nitrogen and oxygen atoms in total. The van der Waals surface area contributed by atoms with Gasteiger partial charge in [-0.2, -0.15) is 4.99 Å². The van der Waals surface area contributed by atoms with Crippen molar-refractivity contribution in [2.45, 2.75) is 31.2 Å². The third-order valence-corrected chi connectivity index (χ3v) is 7.46. The standard InChI is InChI=1S/C21H20F2N2O5S2/c1-13-5-7-15(8-6-13)32(28,29)9-3-4-18(26)24-21-25(12-19(27)30-2)20-16(23)10-14(22)11-17(20)31-21/h5-8,10-11H,3-4,9,12H2,1-2H3. The van der Waals surface area contributed by atoms with E-state index in [1.54, 1.807) is 12.1 Å². The Morgan fingerprint density at radius 3 is 2.50 bits per heavy atom. The number of hydrogen-bond acceptors (Lipinski definition) is 6. The maximum atomic E-state index is 14.3. The average molecular weight is 483 g/mol. The molecule has 0 aliphatic heterocycles. The van der Waals surface area contributed by atoms with Crippen LogP contribution in [0.3, 0.4) is 0 Å². The van der Waals surface area contributed by atoms with Gasteiger partial charge in [0, 0.05) is 12.5 Å². The first-order valence-electron chi connectivity index (χ1n) is 9.53. The zero-order valence-electron chi connectivity index (χ0n) is 17.3. The number of sulfone groups is 1. The van der Waals surface area contributed by atoms with Gasteiger partial charge in [-0.3, -0.25) is 9.59 Å². The number of aromatic nitrogens is 1. The van der Waals surface area contributed by atoms with Crippen molar-refractivity contribution in [3.63, 3.8) is 0 Å². The lowest BCUT2D eigenvalue weighted by atomic mass is 10.2. The van der Waals surface area contributed by atoms with Crippen LogP contribution in [0.2, 0.25) is 0 Å². The molecule has 1 heterocycles. The summed E-state index contributed by atoms with van der Waals surface area (Å²) in [5, 5.41) is 0. The maximum Gasteiger partial charge on any atom is 0.325 e. The van der Waals surface area contributed by atoms with E-state index in [1.807, 2.05) is 6.92 Å². The molecule has 3 rings (SSSR count). The van der Waals surface area contributed by atoms with Gasteiger partial charge >= 0.3 is 5.97 Å². The van der Waals surface area contributed by atoms with Crippen molar-refractivity contribution < 1.29 is 31.5 Å². The second-order valence-electron chi connectivity index (χ2n) is 7.02. The molecule has 0 radical (unpaired) electrons. The highest BCUT2D eigenvalue weighted by Gasteiger charge is 2.18. The van der Waals surface area contributed by atoms with Gasteiger partial charge in [0.2, 0.25) is 5.91 Å². The quantitative estimate of drug-likeness (QED) is 0.482. The SMILES string of the molecule is COC(=O)Cn1c(=NC(=O)CCCS(=O)(=O)c2ccc(C)cc2)sc2cc(F)cc(F)c21. The van der Waals surface area contributed by atoms with Crippen LogP contribution in [0.5, 0.6) is 0 Å². The lowest BCUT2D eigenvalue weighted by Crippen LogP contribution is -2.23. The van der Waals surface area contributed by atoms with Crippen LogP contribution in [0.1, 0.15) is 18.4 Å². The van der Waals surface area contributed by atoms with Crippen LogP contribution in [0.4, 0.5) is 8.78 Å². The Kier molecular flexibility index (Phi) is 7.19. The number of thiazole rings is 1. The molecular weight excluding hydrogens is 462 g/mol. The first-order valence-corrected chi connectivity index (χ1v) is 12.0. The molecule has 0 aliphatic carbocycles. The number of nitrogens with zero attached hydrogens (tertiary/aromatic N) is 2. The van der Waals surface area contributed by atoms with Gasteiger partial charge in [0.05, 0.1) is 28.0 Å². The summed E-state index contributed by atoms with van der Waals surface area (Å²) in [5.41, 5.74) is 0.855. The van der Waals surface area contributed by atoms with E-state index >= 15 is 0 Å². The number of methoxy groups -OCH3 is 1. The molecule has 0 N–H and O–H groups in total. The van der Waals surface area contributed by atoms with Gasteiger partial charge in [-0.15, -0.1) is 0 Å². The number of esters is 1. The number of carbonyl (C=O) groups is 2. The largest absolute Gasteiger partial charge is 0.468 e. The number of halogens is 2. The average Bonchev–Trinajstić information content (AvgIpc) is 3.04. The molecule has 0 unspecified atom stereocenters. The van der Waals surface area contributed by atoms with E-state index in [2.05, 4.69) is 9.73 Å². The summed E-state index contributed by atoms with van der Waals surface area (Å²) >= 11 is 0.840. The zero-order chi connectivity index (χ0) is 23.5. The lowest BCUT2D eigenvalue weighted by Gasteiger charge is -2.05. The van der Waals surface area contributed by atoms with E-state index in [1.165, 1.54) is 12.1 Å². The summed E-state index contributed by atoms with van der Waals surface area (Å²) in [7, 11) is -2.40. The summed E-state index contributed by atoms with van der Waals surface area (Å²) in [6.45, 7) is 1.42. The molecule has 1 amide bonds. The maximum absolute atomic E-state index is 14.3. The molecule has 0 atom stereocenters. The zero-order valence-corrected chi connectivity index (χ0v) is 18.9. The molecule has 1 aromatic heterocycles. The van der Waals surface area contributed by atoms with Crippen LogP contribution in [-0.2, 0) is 30.7 Å². The number of fused-ring (bicyclic) bond motifs is 1. The van der Waals surface area contributed by atoms with Crippen molar-refractivity contribution in [2.24, 2.45) is 4.99 Å². The van der Waals surface area contributed by atoms with Gasteiger partial charge in [0.25, 0.3) is 0 Å². The van der Waals surface area contributed by atoms with Gasteiger partial charge in [-0.25, -0.2) is 17.2 Å². The molecule has 3 aromatic rings. The Morgan fingerprint density at radius 2 is 1.84 bits per heavy atom. The van der Waals surface area contributed by atoms with Crippen LogP contribution >= 0.6 is 11.3 Å². The molecular formula is C21H20F2N2O5S2. The Morgan fingerprint density at radius 1 is 1.16 bits per heavy atom. The number of ether oxygens (including phenoxy) is 1. The van der Waals surface area contributed by atoms with Gasteiger partial charge in [-0.1, -0.05) is 29.0 Å². The predicted molar refractivity (Wildman–Crippen MR) is 115 cm³/mol. The monoisotopic (exact) mass is 482 g/mol. The third kappa shape index (κ3) is 5.46. The van der Waals surface area contributed by atoms with E-state index < -0.39 is 39.9 Å². The fourth-order valence-electron chi connectivity index (χ4n) is 2.99. The molecule has 170 valence electrons. The smallest absolute Gasteiger partial charge is 0.325 e. The Labute approximate surface area is 186 Å². The second-order valence-corrected chi connectivity index (χ2v) is 10.1. The van der Waals surface area contributed by atoms with E-state index in [0.717, 1.165) is 34.6 Å². The van der Waals surface area contributed by atoms with Crippen LogP contribution < -0.4 is 4.80 Å². The van der Waals surface area contributed by atoms with Gasteiger partial charge in [0.15, 0.2) is 20.5 Å². The third-order valence-electron chi connectivity index (χ3n) is 4.61. The van der Waals surface area contributed by atoms with E-state index in [4.69, 9.17) is 0 Å². The number of amides is 1. The Hall–Kier alpha value is -2.92. The van der Waals surface area contributed by atoms with E-state index in [9.17, 15) is 26.8 Å². The number of hydrogen-bond donors (Lipinski definition) is 0. The van der Waals surface area contributed by atoms with Crippen LogP contribution in [-0.4, -0.2) is 37.7 Å². The minimum Gasteiger partial charge on any atom is -0.468 e. The van der Waals surface area contributed by atoms with Gasteiger partial charge in [0.1, 0.15) is 12.4 Å². The first kappa shape index (κ1) is 23.7. The number of rotatable bonds is 7. The summed E-state index contributed by atoms with van der Waals surface area (Å²) < 4.78 is 58.6. The van der Waals surface area contributed by atoms with Crippen molar-refractivity contribution in [3.8, 4) is 0 Å². The minimum absolute atomic E-state index is 0.0127. The molecule has 0 aliphatic rings. The van der Waals surface area contributed by atoms with Gasteiger partial charge in [-0.05, 0) is 31.5 Å². The fourth-order valence-corrected chi connectivity index (χ4v) is 5.39. The van der Waals surface area contributed by atoms with Gasteiger partial charge < -0.3 is 9.30 Å². The van der Waals surface area contributed by atoms with Crippen LogP contribution in [0, 0.1) is 18.6 Å². The molecule has 0 spiro atoms. The van der Waals surface area contributed by atoms with Crippen molar-refractivity contribution in [3.05, 3.63) is 58.4 Å². The molecule has 0 saturated carbocycles. The topological polar surface area (TPSA) is 94.8 Å². The minimum atomic E-state index is -3.55. The number of carbonyl (C=O) groups excluding carboxylic acids is 2.